The first kappa shape index (κ1) is 20.5. The average Bonchev–Trinajstić information content (AvgIpc) is 3.42. The van der Waals surface area contributed by atoms with Crippen molar-refractivity contribution in [2.45, 2.75) is 76.9 Å². The van der Waals surface area contributed by atoms with Gasteiger partial charge in [0.1, 0.15) is 5.75 Å². The molecule has 3 aliphatic rings. The zero-order valence-corrected chi connectivity index (χ0v) is 18.0. The van der Waals surface area contributed by atoms with Crippen LogP contribution < -0.4 is 15.4 Å². The number of para-hydroxylation sites is 1. The van der Waals surface area contributed by atoms with Gasteiger partial charge in [0.25, 0.3) is 0 Å². The van der Waals surface area contributed by atoms with Crippen LogP contribution in [0, 0.1) is 5.92 Å². The van der Waals surface area contributed by atoms with Crippen LogP contribution in [-0.2, 0) is 6.54 Å². The van der Waals surface area contributed by atoms with Crippen LogP contribution in [0.1, 0.15) is 63.9 Å². The quantitative estimate of drug-likeness (QED) is 0.514. The fourth-order valence-corrected chi connectivity index (χ4v) is 4.62. The number of hydrogen-bond donors (Lipinski definition) is 2. The molecule has 4 rings (SSSR count). The van der Waals surface area contributed by atoms with Crippen molar-refractivity contribution in [2.24, 2.45) is 10.9 Å². The van der Waals surface area contributed by atoms with Crippen molar-refractivity contribution in [3.8, 4) is 5.75 Å². The maximum absolute atomic E-state index is 6.05. The van der Waals surface area contributed by atoms with Crippen LogP contribution in [0.4, 0.5) is 0 Å². The highest BCUT2D eigenvalue weighted by Gasteiger charge is 2.27. The number of ether oxygens (including phenoxy) is 1. The Morgan fingerprint density at radius 1 is 1.07 bits per heavy atom. The average molecular weight is 399 g/mol. The van der Waals surface area contributed by atoms with Crippen LogP contribution in [0.5, 0.6) is 5.75 Å². The Morgan fingerprint density at radius 3 is 2.55 bits per heavy atom. The molecule has 1 aliphatic heterocycles. The summed E-state index contributed by atoms with van der Waals surface area (Å²) in [7, 11) is 0. The van der Waals surface area contributed by atoms with E-state index in [1.54, 1.807) is 0 Å². The van der Waals surface area contributed by atoms with Crippen LogP contribution in [0.15, 0.2) is 29.3 Å². The van der Waals surface area contributed by atoms with Gasteiger partial charge in [0, 0.05) is 37.3 Å². The Morgan fingerprint density at radius 2 is 1.83 bits per heavy atom. The third-order valence-electron chi connectivity index (χ3n) is 6.61. The predicted molar refractivity (Wildman–Crippen MR) is 119 cm³/mol. The van der Waals surface area contributed by atoms with Gasteiger partial charge in [-0.3, -0.25) is 0 Å². The summed E-state index contributed by atoms with van der Waals surface area (Å²) in [5.74, 6) is 2.69. The van der Waals surface area contributed by atoms with Gasteiger partial charge in [-0.05, 0) is 57.4 Å². The molecule has 1 heterocycles. The molecule has 2 N–H and O–H groups in total. The van der Waals surface area contributed by atoms with E-state index in [1.807, 2.05) is 0 Å². The lowest BCUT2D eigenvalue weighted by molar-refractivity contribution is 0.150. The Labute approximate surface area is 176 Å². The summed E-state index contributed by atoms with van der Waals surface area (Å²) in [6.45, 7) is 6.95. The standard InChI is InChI=1S/C24H38N4O/c1-2-25-24(27-21-13-15-28(16-14-21)22-8-4-5-9-22)26-17-20-7-3-6-10-23(20)29-18-19-11-12-19/h3,6-7,10,19,21-22H,2,4-5,8-9,11-18H2,1H3,(H2,25,26,27). The number of nitrogens with one attached hydrogen (secondary N) is 2. The van der Waals surface area contributed by atoms with Gasteiger partial charge < -0.3 is 20.3 Å². The van der Waals surface area contributed by atoms with E-state index in [0.717, 1.165) is 36.8 Å². The van der Waals surface area contributed by atoms with Gasteiger partial charge in [-0.1, -0.05) is 31.0 Å². The Balaban J connectivity index is 1.30. The van der Waals surface area contributed by atoms with Gasteiger partial charge in [0.2, 0.25) is 0 Å². The van der Waals surface area contributed by atoms with E-state index in [1.165, 1.54) is 70.0 Å². The highest BCUT2D eigenvalue weighted by molar-refractivity contribution is 5.80. The number of hydrogen-bond acceptors (Lipinski definition) is 3. The van der Waals surface area contributed by atoms with E-state index in [0.29, 0.717) is 12.6 Å². The van der Waals surface area contributed by atoms with Crippen molar-refractivity contribution in [2.75, 3.05) is 26.2 Å². The molecule has 1 saturated heterocycles. The molecule has 5 heteroatoms. The van der Waals surface area contributed by atoms with Gasteiger partial charge in [0.05, 0.1) is 13.2 Å². The fourth-order valence-electron chi connectivity index (χ4n) is 4.62. The van der Waals surface area contributed by atoms with Gasteiger partial charge in [-0.25, -0.2) is 4.99 Å². The number of likely N-dealkylation sites (tertiary alicyclic amines) is 1. The minimum absolute atomic E-state index is 0.520. The molecular formula is C24H38N4O. The van der Waals surface area contributed by atoms with E-state index in [2.05, 4.69) is 46.7 Å². The molecule has 0 spiro atoms. The number of guanidine groups is 1. The Hall–Kier alpha value is -1.75. The van der Waals surface area contributed by atoms with Gasteiger partial charge in [-0.2, -0.15) is 0 Å². The fraction of sp³-hybridized carbons (Fsp3) is 0.708. The molecule has 0 bridgehead atoms. The molecule has 0 aromatic heterocycles. The molecule has 0 radical (unpaired) electrons. The molecule has 1 aromatic rings. The van der Waals surface area contributed by atoms with E-state index in [-0.39, 0.29) is 0 Å². The number of rotatable bonds is 8. The Kier molecular flexibility index (Phi) is 7.31. The van der Waals surface area contributed by atoms with Crippen LogP contribution in [0.25, 0.3) is 0 Å². The maximum Gasteiger partial charge on any atom is 0.191 e. The summed E-state index contributed by atoms with van der Waals surface area (Å²) in [6, 6.07) is 9.71. The smallest absolute Gasteiger partial charge is 0.191 e. The zero-order chi connectivity index (χ0) is 19.9. The van der Waals surface area contributed by atoms with Crippen molar-refractivity contribution in [3.63, 3.8) is 0 Å². The number of nitrogens with zero attached hydrogens (tertiary/aromatic N) is 2. The van der Waals surface area contributed by atoms with Gasteiger partial charge >= 0.3 is 0 Å². The molecule has 160 valence electrons. The maximum atomic E-state index is 6.05. The van der Waals surface area contributed by atoms with E-state index in [9.17, 15) is 0 Å². The summed E-state index contributed by atoms with van der Waals surface area (Å²) in [5.41, 5.74) is 1.17. The van der Waals surface area contributed by atoms with E-state index >= 15 is 0 Å². The summed E-state index contributed by atoms with van der Waals surface area (Å²) >= 11 is 0. The molecule has 2 aliphatic carbocycles. The molecule has 29 heavy (non-hydrogen) atoms. The summed E-state index contributed by atoms with van der Waals surface area (Å²) in [6.07, 6.45) is 10.7. The third kappa shape index (κ3) is 6.11. The van der Waals surface area contributed by atoms with Crippen LogP contribution >= 0.6 is 0 Å². The lowest BCUT2D eigenvalue weighted by atomic mass is 10.0. The van der Waals surface area contributed by atoms with Gasteiger partial charge in [0.15, 0.2) is 5.96 Å². The molecular weight excluding hydrogens is 360 g/mol. The molecule has 1 aromatic carbocycles. The summed E-state index contributed by atoms with van der Waals surface area (Å²) in [4.78, 5) is 7.60. The molecule has 5 nitrogen and oxygen atoms in total. The topological polar surface area (TPSA) is 48.9 Å². The summed E-state index contributed by atoms with van der Waals surface area (Å²) in [5, 5.41) is 7.12. The first-order valence-electron chi connectivity index (χ1n) is 11.8. The number of benzene rings is 1. The lowest BCUT2D eigenvalue weighted by Crippen LogP contribution is -2.50. The van der Waals surface area contributed by atoms with E-state index < -0.39 is 0 Å². The van der Waals surface area contributed by atoms with Crippen molar-refractivity contribution in [1.29, 1.82) is 0 Å². The van der Waals surface area contributed by atoms with Gasteiger partial charge in [-0.15, -0.1) is 0 Å². The summed E-state index contributed by atoms with van der Waals surface area (Å²) < 4.78 is 6.05. The molecule has 0 amide bonds. The van der Waals surface area contributed by atoms with E-state index in [4.69, 9.17) is 9.73 Å². The number of aliphatic imine (C=N–C) groups is 1. The minimum Gasteiger partial charge on any atom is -0.493 e. The molecule has 2 saturated carbocycles. The first-order chi connectivity index (χ1) is 14.3. The largest absolute Gasteiger partial charge is 0.493 e. The second kappa shape index (κ2) is 10.3. The monoisotopic (exact) mass is 398 g/mol. The molecule has 0 atom stereocenters. The SMILES string of the molecule is CCNC(=NCc1ccccc1OCC1CC1)NC1CCN(C2CCCC2)CC1. The molecule has 3 fully saturated rings. The first-order valence-corrected chi connectivity index (χ1v) is 11.8. The van der Waals surface area contributed by atoms with Crippen LogP contribution in [0.3, 0.4) is 0 Å². The second-order valence-corrected chi connectivity index (χ2v) is 8.95. The zero-order valence-electron chi connectivity index (χ0n) is 18.0. The Bertz CT molecular complexity index is 659. The lowest BCUT2D eigenvalue weighted by Gasteiger charge is -2.36. The highest BCUT2D eigenvalue weighted by atomic mass is 16.5. The minimum atomic E-state index is 0.520. The highest BCUT2D eigenvalue weighted by Crippen LogP contribution is 2.30. The van der Waals surface area contributed by atoms with Crippen LogP contribution in [-0.4, -0.2) is 49.2 Å². The normalized spacial score (nSPS) is 22.0. The van der Waals surface area contributed by atoms with Crippen LogP contribution in [0.2, 0.25) is 0 Å². The predicted octanol–water partition coefficient (Wildman–Crippen LogP) is 3.94. The van der Waals surface area contributed by atoms with Crippen molar-refractivity contribution in [3.05, 3.63) is 29.8 Å². The van der Waals surface area contributed by atoms with Crippen molar-refractivity contribution in [1.82, 2.24) is 15.5 Å². The third-order valence-corrected chi connectivity index (χ3v) is 6.61. The van der Waals surface area contributed by atoms with Crippen molar-refractivity contribution < 1.29 is 4.74 Å². The van der Waals surface area contributed by atoms with Crippen molar-refractivity contribution >= 4 is 5.96 Å². The molecule has 0 unspecified atom stereocenters. The number of piperidine rings is 1. The second-order valence-electron chi connectivity index (χ2n) is 8.95.